The standard InChI is InChI=1S/C19H30N4O2/c1-13(2)25-17-11-14(3)5-6-16(17)12-23-19(20-4)22-10-9-21-18(24)15-7-8-15/h5-6,11,13,15H,7-10,12H2,1-4H3,(H,21,24)(H2,20,22,23). The van der Waals surface area contributed by atoms with Crippen LogP contribution in [0.1, 0.15) is 37.8 Å². The van der Waals surface area contributed by atoms with E-state index in [4.69, 9.17) is 4.74 Å². The number of hydrogen-bond donors (Lipinski definition) is 3. The molecule has 0 aliphatic heterocycles. The van der Waals surface area contributed by atoms with Crippen molar-refractivity contribution in [2.45, 2.75) is 46.3 Å². The predicted octanol–water partition coefficient (Wildman–Crippen LogP) is 1.97. The highest BCUT2D eigenvalue weighted by Gasteiger charge is 2.28. The number of guanidine groups is 1. The number of carbonyl (C=O) groups excluding carboxylic acids is 1. The van der Waals surface area contributed by atoms with Gasteiger partial charge >= 0.3 is 0 Å². The van der Waals surface area contributed by atoms with Crippen LogP contribution in [0.3, 0.4) is 0 Å². The Balaban J connectivity index is 1.78. The van der Waals surface area contributed by atoms with Crippen molar-refractivity contribution in [2.75, 3.05) is 20.1 Å². The fourth-order valence-corrected chi connectivity index (χ4v) is 2.43. The molecule has 1 aromatic rings. The Morgan fingerprint density at radius 2 is 1.96 bits per heavy atom. The summed E-state index contributed by atoms with van der Waals surface area (Å²) < 4.78 is 5.90. The summed E-state index contributed by atoms with van der Waals surface area (Å²) in [5, 5.41) is 9.43. The smallest absolute Gasteiger partial charge is 0.223 e. The number of carbonyl (C=O) groups is 1. The molecule has 6 heteroatoms. The maximum Gasteiger partial charge on any atom is 0.223 e. The summed E-state index contributed by atoms with van der Waals surface area (Å²) in [6.07, 6.45) is 2.19. The van der Waals surface area contributed by atoms with Gasteiger partial charge in [0.2, 0.25) is 5.91 Å². The van der Waals surface area contributed by atoms with E-state index >= 15 is 0 Å². The van der Waals surface area contributed by atoms with Crippen LogP contribution < -0.4 is 20.7 Å². The number of aryl methyl sites for hydroxylation is 1. The van der Waals surface area contributed by atoms with Crippen LogP contribution in [0.5, 0.6) is 5.75 Å². The Hall–Kier alpha value is -2.24. The number of hydrogen-bond acceptors (Lipinski definition) is 3. The molecule has 0 radical (unpaired) electrons. The van der Waals surface area contributed by atoms with Crippen LogP contribution in [-0.2, 0) is 11.3 Å². The van der Waals surface area contributed by atoms with Crippen LogP contribution in [-0.4, -0.2) is 38.1 Å². The van der Waals surface area contributed by atoms with Crippen molar-refractivity contribution in [3.8, 4) is 5.75 Å². The van der Waals surface area contributed by atoms with E-state index in [0.29, 0.717) is 25.6 Å². The molecule has 0 spiro atoms. The van der Waals surface area contributed by atoms with Gasteiger partial charge in [0, 0.05) is 38.2 Å². The molecule has 0 saturated heterocycles. The van der Waals surface area contributed by atoms with Crippen molar-refractivity contribution >= 4 is 11.9 Å². The quantitative estimate of drug-likeness (QED) is 0.382. The molecule has 0 atom stereocenters. The van der Waals surface area contributed by atoms with Crippen LogP contribution >= 0.6 is 0 Å². The van der Waals surface area contributed by atoms with E-state index in [1.807, 2.05) is 13.8 Å². The monoisotopic (exact) mass is 346 g/mol. The number of aliphatic imine (C=N–C) groups is 1. The van der Waals surface area contributed by atoms with Gasteiger partial charge in [-0.1, -0.05) is 12.1 Å². The van der Waals surface area contributed by atoms with Gasteiger partial charge in [0.15, 0.2) is 5.96 Å². The first kappa shape index (κ1) is 19.1. The minimum absolute atomic E-state index is 0.132. The third-order valence-electron chi connectivity index (χ3n) is 3.92. The zero-order valence-electron chi connectivity index (χ0n) is 15.7. The van der Waals surface area contributed by atoms with Crippen LogP contribution in [0.15, 0.2) is 23.2 Å². The number of nitrogens with zero attached hydrogens (tertiary/aromatic N) is 1. The normalized spacial score (nSPS) is 14.4. The topological polar surface area (TPSA) is 74.8 Å². The van der Waals surface area contributed by atoms with Crippen LogP contribution in [0.25, 0.3) is 0 Å². The second kappa shape index (κ2) is 9.30. The lowest BCUT2D eigenvalue weighted by Crippen LogP contribution is -2.41. The van der Waals surface area contributed by atoms with E-state index in [1.165, 1.54) is 5.56 Å². The van der Waals surface area contributed by atoms with Crippen molar-refractivity contribution in [3.63, 3.8) is 0 Å². The molecule has 138 valence electrons. The van der Waals surface area contributed by atoms with Crippen molar-refractivity contribution in [3.05, 3.63) is 29.3 Å². The maximum atomic E-state index is 11.6. The van der Waals surface area contributed by atoms with E-state index in [-0.39, 0.29) is 17.9 Å². The summed E-state index contributed by atoms with van der Waals surface area (Å²) in [7, 11) is 1.73. The molecule has 0 heterocycles. The minimum Gasteiger partial charge on any atom is -0.491 e. The Morgan fingerprint density at radius 1 is 1.24 bits per heavy atom. The summed E-state index contributed by atoms with van der Waals surface area (Å²) >= 11 is 0. The first-order valence-corrected chi connectivity index (χ1v) is 8.98. The third-order valence-corrected chi connectivity index (χ3v) is 3.92. The van der Waals surface area contributed by atoms with Crippen LogP contribution in [0.4, 0.5) is 0 Å². The van der Waals surface area contributed by atoms with Gasteiger partial charge in [0.05, 0.1) is 6.10 Å². The molecular formula is C19H30N4O2. The van der Waals surface area contributed by atoms with Gasteiger partial charge in [-0.25, -0.2) is 0 Å². The Labute approximate surface area is 150 Å². The fraction of sp³-hybridized carbons (Fsp3) is 0.579. The molecule has 3 N–H and O–H groups in total. The average Bonchev–Trinajstić information content (AvgIpc) is 3.40. The second-order valence-corrected chi connectivity index (χ2v) is 6.70. The van der Waals surface area contributed by atoms with E-state index in [9.17, 15) is 4.79 Å². The van der Waals surface area contributed by atoms with Crippen molar-refractivity contribution in [1.82, 2.24) is 16.0 Å². The highest BCUT2D eigenvalue weighted by atomic mass is 16.5. The third kappa shape index (κ3) is 6.64. The molecule has 0 bridgehead atoms. The highest BCUT2D eigenvalue weighted by Crippen LogP contribution is 2.28. The molecule has 1 aliphatic rings. The largest absolute Gasteiger partial charge is 0.491 e. The van der Waals surface area contributed by atoms with E-state index in [2.05, 4.69) is 46.1 Å². The number of nitrogens with one attached hydrogen (secondary N) is 3. The summed E-state index contributed by atoms with van der Waals surface area (Å²) in [6.45, 7) is 7.97. The Kier molecular flexibility index (Phi) is 7.10. The lowest BCUT2D eigenvalue weighted by Gasteiger charge is -2.17. The molecule has 1 aliphatic carbocycles. The molecule has 0 aromatic heterocycles. The Morgan fingerprint density at radius 3 is 2.60 bits per heavy atom. The Bertz CT molecular complexity index is 609. The molecular weight excluding hydrogens is 316 g/mol. The lowest BCUT2D eigenvalue weighted by atomic mass is 10.1. The molecule has 1 fully saturated rings. The first-order chi connectivity index (χ1) is 12.0. The van der Waals surface area contributed by atoms with Gasteiger partial charge in [0.25, 0.3) is 0 Å². The van der Waals surface area contributed by atoms with Gasteiger partial charge in [-0.15, -0.1) is 0 Å². The number of benzene rings is 1. The van der Waals surface area contributed by atoms with Crippen molar-refractivity contribution in [1.29, 1.82) is 0 Å². The summed E-state index contributed by atoms with van der Waals surface area (Å²) in [4.78, 5) is 15.8. The highest BCUT2D eigenvalue weighted by molar-refractivity contribution is 5.81. The van der Waals surface area contributed by atoms with E-state index < -0.39 is 0 Å². The second-order valence-electron chi connectivity index (χ2n) is 6.70. The van der Waals surface area contributed by atoms with Crippen LogP contribution in [0.2, 0.25) is 0 Å². The molecule has 2 rings (SSSR count). The number of amides is 1. The average molecular weight is 346 g/mol. The SMILES string of the molecule is CN=C(NCCNC(=O)C1CC1)NCc1ccc(C)cc1OC(C)C. The van der Waals surface area contributed by atoms with Gasteiger partial charge < -0.3 is 20.7 Å². The molecule has 1 aromatic carbocycles. The van der Waals surface area contributed by atoms with E-state index in [0.717, 1.165) is 24.2 Å². The molecule has 0 unspecified atom stereocenters. The minimum atomic E-state index is 0.132. The summed E-state index contributed by atoms with van der Waals surface area (Å²) in [6, 6.07) is 6.21. The number of rotatable bonds is 8. The fourth-order valence-electron chi connectivity index (χ4n) is 2.43. The molecule has 1 saturated carbocycles. The van der Waals surface area contributed by atoms with Gasteiger partial charge in [-0.05, 0) is 45.2 Å². The maximum absolute atomic E-state index is 11.6. The molecule has 25 heavy (non-hydrogen) atoms. The van der Waals surface area contributed by atoms with Gasteiger partial charge in [-0.2, -0.15) is 0 Å². The van der Waals surface area contributed by atoms with Crippen molar-refractivity contribution < 1.29 is 9.53 Å². The number of ether oxygens (including phenoxy) is 1. The van der Waals surface area contributed by atoms with Gasteiger partial charge in [0.1, 0.15) is 5.75 Å². The van der Waals surface area contributed by atoms with Gasteiger partial charge in [-0.3, -0.25) is 9.79 Å². The first-order valence-electron chi connectivity index (χ1n) is 8.98. The molecule has 1 amide bonds. The lowest BCUT2D eigenvalue weighted by molar-refractivity contribution is -0.122. The summed E-state index contributed by atoms with van der Waals surface area (Å²) in [5.74, 6) is 2.02. The summed E-state index contributed by atoms with van der Waals surface area (Å²) in [5.41, 5.74) is 2.26. The van der Waals surface area contributed by atoms with E-state index in [1.54, 1.807) is 7.05 Å². The van der Waals surface area contributed by atoms with Crippen LogP contribution in [0, 0.1) is 12.8 Å². The van der Waals surface area contributed by atoms with Crippen molar-refractivity contribution in [2.24, 2.45) is 10.9 Å². The zero-order chi connectivity index (χ0) is 18.2. The molecule has 6 nitrogen and oxygen atoms in total. The zero-order valence-corrected chi connectivity index (χ0v) is 15.7. The predicted molar refractivity (Wildman–Crippen MR) is 101 cm³/mol.